The lowest BCUT2D eigenvalue weighted by molar-refractivity contribution is -0.228. The Morgan fingerprint density at radius 2 is 1.67 bits per heavy atom. The number of pyridine rings is 1. The average Bonchev–Trinajstić information content (AvgIpc) is 2.78. The molecule has 1 N–H and O–H groups in total. The van der Waals surface area contributed by atoms with Crippen molar-refractivity contribution in [2.75, 3.05) is 45.8 Å². The first kappa shape index (κ1) is 24.8. The fraction of sp³-hybridized carbons (Fsp3) is 0.429. The van der Waals surface area contributed by atoms with Crippen molar-refractivity contribution in [1.82, 2.24) is 9.88 Å². The molecule has 1 aliphatic rings. The van der Waals surface area contributed by atoms with Crippen LogP contribution in [0.4, 0.5) is 27.6 Å². The fourth-order valence-corrected chi connectivity index (χ4v) is 2.89. The Kier molecular flexibility index (Phi) is 7.50. The van der Waals surface area contributed by atoms with Crippen LogP contribution in [0.15, 0.2) is 18.3 Å². The second-order valence-corrected chi connectivity index (χ2v) is 7.99. The van der Waals surface area contributed by atoms with Gasteiger partial charge in [-0.1, -0.05) is 0 Å². The number of hydrogen-bond acceptors (Lipinski definition) is 6. The molecule has 3 rings (SSSR count). The number of benzene rings is 1. The van der Waals surface area contributed by atoms with E-state index in [0.29, 0.717) is 24.7 Å². The van der Waals surface area contributed by atoms with E-state index in [1.807, 2.05) is 19.0 Å². The number of carbonyl (C=O) groups is 1. The fourth-order valence-electron chi connectivity index (χ4n) is 2.89. The van der Waals surface area contributed by atoms with Gasteiger partial charge in [0.1, 0.15) is 6.61 Å². The summed E-state index contributed by atoms with van der Waals surface area (Å²) in [6.45, 7) is 1.79. The Labute approximate surface area is 186 Å². The van der Waals surface area contributed by atoms with E-state index < -0.39 is 65.5 Å². The van der Waals surface area contributed by atoms with Crippen molar-refractivity contribution in [1.29, 1.82) is 0 Å². The molecule has 0 radical (unpaired) electrons. The molecule has 1 aliphatic heterocycles. The van der Waals surface area contributed by atoms with Gasteiger partial charge in [-0.3, -0.25) is 4.79 Å². The van der Waals surface area contributed by atoms with Crippen LogP contribution in [0.3, 0.4) is 0 Å². The van der Waals surface area contributed by atoms with Gasteiger partial charge in [0.15, 0.2) is 29.6 Å². The number of halogens is 5. The molecule has 180 valence electrons. The summed E-state index contributed by atoms with van der Waals surface area (Å²) in [5, 5.41) is 2.61. The molecule has 0 unspecified atom stereocenters. The number of amides is 1. The number of ether oxygens (including phenoxy) is 3. The third-order valence-corrected chi connectivity index (χ3v) is 4.92. The van der Waals surface area contributed by atoms with Gasteiger partial charge in [-0.25, -0.2) is 26.9 Å². The number of likely N-dealkylation sites (N-methyl/N-ethyl adjacent to an activating group) is 1. The summed E-state index contributed by atoms with van der Waals surface area (Å²) >= 11 is 0. The molecule has 1 fully saturated rings. The summed E-state index contributed by atoms with van der Waals surface area (Å²) in [6, 6.07) is 3.14. The minimum Gasteiger partial charge on any atom is -0.476 e. The summed E-state index contributed by atoms with van der Waals surface area (Å²) < 4.78 is 84.0. The van der Waals surface area contributed by atoms with E-state index in [1.54, 1.807) is 12.1 Å². The number of hydrogen-bond donors (Lipinski definition) is 1. The lowest BCUT2D eigenvalue weighted by Crippen LogP contribution is -2.46. The van der Waals surface area contributed by atoms with Crippen molar-refractivity contribution in [3.05, 3.63) is 53.0 Å². The summed E-state index contributed by atoms with van der Waals surface area (Å²) in [4.78, 5) is 18.7. The Hall–Kier alpha value is -2.83. The van der Waals surface area contributed by atoms with E-state index in [-0.39, 0.29) is 0 Å². The second-order valence-electron chi connectivity index (χ2n) is 7.99. The SMILES string of the molecule is CN(C)CCOc1ccc(NC(=O)C2(C)COC(c3c(F)c(F)c(F)c(F)c3F)OC2)cn1. The first-order valence-electron chi connectivity index (χ1n) is 9.83. The number of anilines is 1. The van der Waals surface area contributed by atoms with Crippen LogP contribution >= 0.6 is 0 Å². The van der Waals surface area contributed by atoms with Gasteiger partial charge in [-0.05, 0) is 27.1 Å². The highest BCUT2D eigenvalue weighted by Gasteiger charge is 2.42. The van der Waals surface area contributed by atoms with Crippen LogP contribution in [0.25, 0.3) is 0 Å². The predicted octanol–water partition coefficient (Wildman–Crippen LogP) is 3.41. The van der Waals surface area contributed by atoms with Gasteiger partial charge in [-0.2, -0.15) is 0 Å². The minimum atomic E-state index is -2.28. The second kappa shape index (κ2) is 9.98. The Morgan fingerprint density at radius 1 is 1.09 bits per heavy atom. The van der Waals surface area contributed by atoms with Crippen molar-refractivity contribution in [2.24, 2.45) is 5.41 Å². The molecule has 12 heteroatoms. The third kappa shape index (κ3) is 5.40. The van der Waals surface area contributed by atoms with Gasteiger partial charge in [0, 0.05) is 12.6 Å². The molecule has 0 saturated carbocycles. The quantitative estimate of drug-likeness (QED) is 0.376. The molecule has 1 aromatic carbocycles. The first-order chi connectivity index (χ1) is 15.5. The van der Waals surface area contributed by atoms with Gasteiger partial charge in [0.05, 0.1) is 36.1 Å². The Bertz CT molecular complexity index is 983. The van der Waals surface area contributed by atoms with E-state index in [0.717, 1.165) is 0 Å². The minimum absolute atomic E-state index is 0.350. The van der Waals surface area contributed by atoms with Gasteiger partial charge in [-0.15, -0.1) is 0 Å². The summed E-state index contributed by atoms with van der Waals surface area (Å²) in [5.74, 6) is -10.8. The Morgan fingerprint density at radius 3 is 2.18 bits per heavy atom. The van der Waals surface area contributed by atoms with Crippen LogP contribution in [-0.2, 0) is 14.3 Å². The standard InChI is InChI=1S/C21H22F5N3O4/c1-21(20(30)28-11-4-5-12(27-8-11)31-7-6-29(2)3)9-32-19(33-10-21)13-14(22)16(24)18(26)17(25)15(13)23/h4-5,8,19H,6-7,9-10H2,1-3H3,(H,28,30). The van der Waals surface area contributed by atoms with Crippen LogP contribution in [0, 0.1) is 34.5 Å². The number of nitrogens with zero attached hydrogens (tertiary/aromatic N) is 2. The highest BCUT2D eigenvalue weighted by molar-refractivity contribution is 5.95. The number of nitrogens with one attached hydrogen (secondary N) is 1. The molecule has 0 aliphatic carbocycles. The van der Waals surface area contributed by atoms with Crippen LogP contribution < -0.4 is 10.1 Å². The molecule has 33 heavy (non-hydrogen) atoms. The zero-order chi connectivity index (χ0) is 24.3. The highest BCUT2D eigenvalue weighted by Crippen LogP contribution is 2.36. The summed E-state index contributed by atoms with van der Waals surface area (Å²) in [6.07, 6.45) is -0.482. The molecule has 2 heterocycles. The zero-order valence-corrected chi connectivity index (χ0v) is 18.1. The van der Waals surface area contributed by atoms with Crippen molar-refractivity contribution in [2.45, 2.75) is 13.2 Å². The maximum Gasteiger partial charge on any atom is 0.235 e. The molecule has 7 nitrogen and oxygen atoms in total. The molecular formula is C21H22F5N3O4. The molecule has 1 amide bonds. The van der Waals surface area contributed by atoms with Crippen molar-refractivity contribution in [3.63, 3.8) is 0 Å². The number of rotatable bonds is 7. The van der Waals surface area contributed by atoms with E-state index in [2.05, 4.69) is 10.3 Å². The van der Waals surface area contributed by atoms with E-state index >= 15 is 0 Å². The predicted molar refractivity (Wildman–Crippen MR) is 106 cm³/mol. The first-order valence-corrected chi connectivity index (χ1v) is 9.83. The normalized spacial score (nSPS) is 20.7. The molecular weight excluding hydrogens is 453 g/mol. The molecule has 1 saturated heterocycles. The van der Waals surface area contributed by atoms with E-state index in [9.17, 15) is 26.7 Å². The van der Waals surface area contributed by atoms with Gasteiger partial charge in [0.2, 0.25) is 17.6 Å². The maximum absolute atomic E-state index is 14.0. The molecule has 0 bridgehead atoms. The van der Waals surface area contributed by atoms with Crippen molar-refractivity contribution < 1.29 is 41.0 Å². The average molecular weight is 475 g/mol. The molecule has 0 atom stereocenters. The van der Waals surface area contributed by atoms with Crippen LogP contribution in [0.2, 0.25) is 0 Å². The highest BCUT2D eigenvalue weighted by atomic mass is 19.2. The van der Waals surface area contributed by atoms with Gasteiger partial charge in [0.25, 0.3) is 0 Å². The Balaban J connectivity index is 1.62. The third-order valence-electron chi connectivity index (χ3n) is 4.92. The maximum atomic E-state index is 14.0. The monoisotopic (exact) mass is 475 g/mol. The topological polar surface area (TPSA) is 72.9 Å². The van der Waals surface area contributed by atoms with Gasteiger partial charge >= 0.3 is 0 Å². The molecule has 2 aromatic rings. The lowest BCUT2D eigenvalue weighted by Gasteiger charge is -2.36. The smallest absolute Gasteiger partial charge is 0.235 e. The van der Waals surface area contributed by atoms with E-state index in [4.69, 9.17) is 14.2 Å². The molecule has 0 spiro atoms. The summed E-state index contributed by atoms with van der Waals surface area (Å²) in [5.41, 5.74) is -2.20. The lowest BCUT2D eigenvalue weighted by atomic mass is 9.90. The van der Waals surface area contributed by atoms with Crippen LogP contribution in [0.1, 0.15) is 18.8 Å². The number of aromatic nitrogens is 1. The van der Waals surface area contributed by atoms with Crippen molar-refractivity contribution in [3.8, 4) is 5.88 Å². The molecule has 1 aromatic heterocycles. The van der Waals surface area contributed by atoms with Gasteiger partial charge < -0.3 is 24.4 Å². The zero-order valence-electron chi connectivity index (χ0n) is 18.1. The van der Waals surface area contributed by atoms with E-state index in [1.165, 1.54) is 13.1 Å². The van der Waals surface area contributed by atoms with Crippen LogP contribution in [0.5, 0.6) is 5.88 Å². The largest absolute Gasteiger partial charge is 0.476 e. The summed E-state index contributed by atoms with van der Waals surface area (Å²) in [7, 11) is 3.81. The number of carbonyl (C=O) groups excluding carboxylic acids is 1. The van der Waals surface area contributed by atoms with Crippen LogP contribution in [-0.4, -0.2) is 56.3 Å². The van der Waals surface area contributed by atoms with Crippen molar-refractivity contribution >= 4 is 11.6 Å².